The summed E-state index contributed by atoms with van der Waals surface area (Å²) in [4.78, 5) is 0. The first kappa shape index (κ1) is 14.3. The quantitative estimate of drug-likeness (QED) is 0.670. The highest BCUT2D eigenvalue weighted by atomic mass is 19.4. The lowest BCUT2D eigenvalue weighted by Crippen LogP contribution is -2.63. The summed E-state index contributed by atoms with van der Waals surface area (Å²) in [6, 6.07) is 0. The third-order valence-corrected chi connectivity index (χ3v) is 1.50. The minimum Gasteiger partial charge on any atom is -0.233 e. The Hall–Kier alpha value is -0.670. The van der Waals surface area contributed by atoms with Gasteiger partial charge < -0.3 is 0 Å². The minimum atomic E-state index is -6.79. The Balaban J connectivity index is 5.50. The molecule has 0 rings (SSSR count). The van der Waals surface area contributed by atoms with E-state index < -0.39 is 30.6 Å². The van der Waals surface area contributed by atoms with E-state index in [2.05, 4.69) is 0 Å². The van der Waals surface area contributed by atoms with E-state index in [1.54, 1.807) is 0 Å². The highest BCUT2D eigenvalue weighted by molar-refractivity contribution is 5.03. The molecule has 0 saturated heterocycles. The fraction of sp³-hybridized carbons (Fsp3) is 1.00. The van der Waals surface area contributed by atoms with Crippen LogP contribution < -0.4 is 0 Å². The van der Waals surface area contributed by atoms with Gasteiger partial charge in [-0.2, -0.15) is 35.1 Å². The lowest BCUT2D eigenvalue weighted by atomic mass is 9.97. The molecule has 0 aromatic heterocycles. The second-order valence-corrected chi connectivity index (χ2v) is 2.52. The second kappa shape index (κ2) is 3.42. The van der Waals surface area contributed by atoms with Crippen LogP contribution in [-0.4, -0.2) is 30.6 Å². The highest BCUT2D eigenvalue weighted by Gasteiger charge is 2.81. The number of hydrogen-bond donors (Lipinski definition) is 0. The summed E-state index contributed by atoms with van der Waals surface area (Å²) in [5, 5.41) is 9.62. The average molecular weight is 249 g/mol. The van der Waals surface area contributed by atoms with Crippen molar-refractivity contribution < 1.29 is 44.6 Å². The van der Waals surface area contributed by atoms with E-state index in [0.29, 0.717) is 0 Å². The van der Waals surface area contributed by atoms with Gasteiger partial charge in [0.15, 0.2) is 0 Å². The van der Waals surface area contributed by atoms with Gasteiger partial charge in [-0.15, -0.1) is 0 Å². The van der Waals surface area contributed by atoms with Crippen LogP contribution in [0.4, 0.5) is 39.5 Å². The molecular formula is C5H2F9O. The third kappa shape index (κ3) is 1.99. The molecule has 91 valence electrons. The molecule has 1 nitrogen and oxygen atoms in total. The Bertz CT molecular complexity index is 228. The summed E-state index contributed by atoms with van der Waals surface area (Å²) in [6.45, 7) is -3.27. The summed E-state index contributed by atoms with van der Waals surface area (Å²) < 4.78 is 105. The monoisotopic (exact) mass is 249 g/mol. The third-order valence-electron chi connectivity index (χ3n) is 1.50. The van der Waals surface area contributed by atoms with Gasteiger partial charge in [-0.3, -0.25) is 0 Å². The van der Waals surface area contributed by atoms with Crippen LogP contribution in [0, 0.1) is 0 Å². The van der Waals surface area contributed by atoms with Gasteiger partial charge in [0.2, 0.25) is 0 Å². The lowest BCUT2D eigenvalue weighted by molar-refractivity contribution is -0.390. The molecule has 0 aliphatic heterocycles. The zero-order valence-electron chi connectivity index (χ0n) is 6.52. The topological polar surface area (TPSA) is 19.9 Å². The van der Waals surface area contributed by atoms with Gasteiger partial charge >= 0.3 is 23.9 Å². The van der Waals surface area contributed by atoms with E-state index in [9.17, 15) is 44.6 Å². The van der Waals surface area contributed by atoms with Crippen LogP contribution in [0.1, 0.15) is 0 Å². The van der Waals surface area contributed by atoms with Crippen molar-refractivity contribution in [3.63, 3.8) is 0 Å². The van der Waals surface area contributed by atoms with Crippen molar-refractivity contribution in [3.05, 3.63) is 0 Å². The van der Waals surface area contributed by atoms with Gasteiger partial charge in [-0.25, -0.2) is 9.50 Å². The summed E-state index contributed by atoms with van der Waals surface area (Å²) in [5.41, 5.74) is -6.15. The van der Waals surface area contributed by atoms with Crippen molar-refractivity contribution in [2.45, 2.75) is 23.9 Å². The molecule has 0 N–H and O–H groups in total. The molecule has 0 aromatic carbocycles. The van der Waals surface area contributed by atoms with Gasteiger partial charge in [0.25, 0.3) is 0 Å². The zero-order valence-corrected chi connectivity index (χ0v) is 6.52. The molecule has 15 heavy (non-hydrogen) atoms. The maximum Gasteiger partial charge on any atom is 0.457 e. The van der Waals surface area contributed by atoms with E-state index in [0.717, 1.165) is 0 Å². The first-order chi connectivity index (χ1) is 6.31. The molecule has 1 radical (unpaired) electrons. The molecule has 0 aliphatic carbocycles. The van der Waals surface area contributed by atoms with Crippen LogP contribution >= 0.6 is 0 Å². The molecule has 0 heterocycles. The molecule has 0 bridgehead atoms. The Morgan fingerprint density at radius 2 is 1.00 bits per heavy atom. The van der Waals surface area contributed by atoms with E-state index >= 15 is 0 Å². The van der Waals surface area contributed by atoms with Crippen LogP contribution in [0.3, 0.4) is 0 Å². The molecule has 0 amide bonds. The normalized spacial score (nSPS) is 18.8. The fourth-order valence-corrected chi connectivity index (χ4v) is 0.575. The van der Waals surface area contributed by atoms with E-state index in [-0.39, 0.29) is 0 Å². The van der Waals surface area contributed by atoms with Crippen molar-refractivity contribution in [1.82, 2.24) is 0 Å². The van der Waals surface area contributed by atoms with Crippen LogP contribution in [-0.2, 0) is 5.11 Å². The van der Waals surface area contributed by atoms with E-state index in [1.165, 1.54) is 0 Å². The van der Waals surface area contributed by atoms with Gasteiger partial charge in [-0.1, -0.05) is 0 Å². The predicted octanol–water partition coefficient (Wildman–Crippen LogP) is 2.89. The Morgan fingerprint density at radius 3 is 1.07 bits per heavy atom. The van der Waals surface area contributed by atoms with E-state index in [1.807, 2.05) is 0 Å². The molecule has 0 spiro atoms. The molecule has 0 aromatic rings. The largest absolute Gasteiger partial charge is 0.457 e. The Labute approximate surface area is 76.5 Å². The van der Waals surface area contributed by atoms with Gasteiger partial charge in [0.1, 0.15) is 6.61 Å². The summed E-state index contributed by atoms with van der Waals surface area (Å²) in [5.74, 6) is -6.78. The number of hydrogen-bond acceptors (Lipinski definition) is 0. The predicted molar refractivity (Wildman–Crippen MR) is 26.4 cm³/mol. The number of alkyl halides is 9. The Morgan fingerprint density at radius 1 is 0.667 bits per heavy atom. The van der Waals surface area contributed by atoms with Crippen molar-refractivity contribution in [1.29, 1.82) is 0 Å². The maximum absolute atomic E-state index is 12.4. The minimum absolute atomic E-state index is 3.27. The van der Waals surface area contributed by atoms with Crippen LogP contribution in [0.25, 0.3) is 0 Å². The summed E-state index contributed by atoms with van der Waals surface area (Å²) in [6.07, 6.45) is -13.4. The fourth-order valence-electron chi connectivity index (χ4n) is 0.575. The van der Waals surface area contributed by atoms with Gasteiger partial charge in [0, 0.05) is 0 Å². The SMILES string of the molecule is [O]CC(F)(C(F)(F)F)C(F)(F)C(F)(F)F. The maximum atomic E-state index is 12.4. The molecule has 0 fully saturated rings. The zero-order chi connectivity index (χ0) is 12.7. The summed E-state index contributed by atoms with van der Waals surface area (Å²) in [7, 11) is 0. The van der Waals surface area contributed by atoms with Gasteiger partial charge in [-0.05, 0) is 0 Å². The molecular weight excluding hydrogens is 247 g/mol. The molecule has 0 saturated carbocycles. The molecule has 10 heteroatoms. The first-order valence-corrected chi connectivity index (χ1v) is 3.09. The first-order valence-electron chi connectivity index (χ1n) is 3.09. The van der Waals surface area contributed by atoms with Crippen molar-refractivity contribution >= 4 is 0 Å². The number of rotatable bonds is 2. The smallest absolute Gasteiger partial charge is 0.233 e. The van der Waals surface area contributed by atoms with Crippen LogP contribution in [0.5, 0.6) is 0 Å². The van der Waals surface area contributed by atoms with Crippen molar-refractivity contribution in [3.8, 4) is 0 Å². The van der Waals surface area contributed by atoms with E-state index in [4.69, 9.17) is 0 Å². The second-order valence-electron chi connectivity index (χ2n) is 2.52. The van der Waals surface area contributed by atoms with Crippen LogP contribution in [0.2, 0.25) is 0 Å². The lowest BCUT2D eigenvalue weighted by Gasteiger charge is -2.33. The molecule has 0 aliphatic rings. The van der Waals surface area contributed by atoms with Gasteiger partial charge in [0.05, 0.1) is 0 Å². The average Bonchev–Trinajstić information content (AvgIpc) is 1.98. The van der Waals surface area contributed by atoms with Crippen molar-refractivity contribution in [2.24, 2.45) is 0 Å². The summed E-state index contributed by atoms with van der Waals surface area (Å²) >= 11 is 0. The van der Waals surface area contributed by atoms with Crippen LogP contribution in [0.15, 0.2) is 0 Å². The standard InChI is InChI=1S/C5H2F9O/c6-2(1-15,4(9,10)11)3(7,8)5(12,13)14/h1H2. The van der Waals surface area contributed by atoms with Crippen molar-refractivity contribution in [2.75, 3.05) is 6.61 Å². The number of halogens is 9. The Kier molecular flexibility index (Phi) is 3.27. The molecule has 1 unspecified atom stereocenters. The highest BCUT2D eigenvalue weighted by Crippen LogP contribution is 2.52. The molecule has 1 atom stereocenters.